The van der Waals surface area contributed by atoms with E-state index in [-0.39, 0.29) is 17.5 Å². The molecule has 0 heterocycles. The minimum absolute atomic E-state index is 0.0300. The summed E-state index contributed by atoms with van der Waals surface area (Å²) >= 11 is 0. The Kier molecular flexibility index (Phi) is 5.55. The molecule has 1 atom stereocenters. The second kappa shape index (κ2) is 7.19. The van der Waals surface area contributed by atoms with E-state index < -0.39 is 23.9 Å². The molecule has 0 bridgehead atoms. The van der Waals surface area contributed by atoms with Crippen LogP contribution in [0.2, 0.25) is 0 Å². The monoisotopic (exact) mass is 378 g/mol. The van der Waals surface area contributed by atoms with E-state index in [2.05, 4.69) is 9.47 Å². The van der Waals surface area contributed by atoms with E-state index in [4.69, 9.17) is 0 Å². The number of benzene rings is 2. The van der Waals surface area contributed by atoms with E-state index in [1.165, 1.54) is 42.5 Å². The fourth-order valence-corrected chi connectivity index (χ4v) is 2.47. The maximum Gasteiger partial charge on any atom is 0.573 e. The molecular weight excluding hydrogens is 362 g/mol. The number of hydrogen-bond acceptors (Lipinski definition) is 2. The van der Waals surface area contributed by atoms with Gasteiger partial charge in [-0.05, 0) is 29.7 Å². The Labute approximate surface area is 146 Å². The predicted octanol–water partition coefficient (Wildman–Crippen LogP) is 5.60. The molecule has 0 radical (unpaired) electrons. The highest BCUT2D eigenvalue weighted by Crippen LogP contribution is 2.41. The Hall–Kier alpha value is -2.22. The van der Waals surface area contributed by atoms with Crippen molar-refractivity contribution in [1.82, 2.24) is 0 Å². The average molecular weight is 378 g/mol. The lowest BCUT2D eigenvalue weighted by atomic mass is 9.92. The second-order valence-electron chi connectivity index (χ2n) is 5.77. The van der Waals surface area contributed by atoms with E-state index in [0.717, 1.165) is 20.1 Å². The van der Waals surface area contributed by atoms with E-state index in [1.807, 2.05) is 0 Å². The first-order valence-corrected chi connectivity index (χ1v) is 7.51. The van der Waals surface area contributed by atoms with Crippen molar-refractivity contribution in [3.05, 3.63) is 65.2 Å². The molecule has 2 aromatic carbocycles. The van der Waals surface area contributed by atoms with Crippen molar-refractivity contribution >= 4 is 0 Å². The number of halogens is 6. The zero-order chi connectivity index (χ0) is 19.6. The molecular formula is C18H16F6O2. The smallest absolute Gasteiger partial charge is 0.405 e. The fraction of sp³-hybridized carbons (Fsp3) is 0.333. The van der Waals surface area contributed by atoms with Gasteiger partial charge in [-0.15, -0.1) is 13.2 Å². The van der Waals surface area contributed by atoms with Crippen molar-refractivity contribution < 1.29 is 35.8 Å². The van der Waals surface area contributed by atoms with Gasteiger partial charge in [0.25, 0.3) is 0 Å². The molecule has 8 heteroatoms. The summed E-state index contributed by atoms with van der Waals surface area (Å²) in [5, 5.41) is 0. The molecule has 0 spiro atoms. The summed E-state index contributed by atoms with van der Waals surface area (Å²) in [5.41, 5.74) is -2.06. The van der Waals surface area contributed by atoms with Crippen molar-refractivity contribution in [1.29, 1.82) is 0 Å². The molecule has 26 heavy (non-hydrogen) atoms. The number of ether oxygens (including phenoxy) is 2. The van der Waals surface area contributed by atoms with Gasteiger partial charge in [0.05, 0.1) is 0 Å². The van der Waals surface area contributed by atoms with Crippen LogP contribution in [0.15, 0.2) is 48.5 Å². The van der Waals surface area contributed by atoms with Crippen LogP contribution in [0.5, 0.6) is 5.75 Å². The molecule has 142 valence electrons. The summed E-state index contributed by atoms with van der Waals surface area (Å²) in [7, 11) is 0.951. The first kappa shape index (κ1) is 20.1. The number of methoxy groups -OCH3 is 1. The van der Waals surface area contributed by atoms with E-state index in [0.29, 0.717) is 5.56 Å². The standard InChI is InChI=1S/C18H16F6O2/c1-16(25-2,17(19,20)21)14-8-5-6-12(11-14)10-13-7-3-4-9-15(13)26-18(22,23)24/h3-9,11H,10H2,1-2H3. The topological polar surface area (TPSA) is 18.5 Å². The van der Waals surface area contributed by atoms with Crippen LogP contribution >= 0.6 is 0 Å². The molecule has 0 N–H and O–H groups in total. The SMILES string of the molecule is COC(C)(c1cccc(Cc2ccccc2OC(F)(F)F)c1)C(F)(F)F. The number of hydrogen-bond donors (Lipinski definition) is 0. The first-order valence-electron chi connectivity index (χ1n) is 7.51. The molecule has 2 aromatic rings. The lowest BCUT2D eigenvalue weighted by molar-refractivity contribution is -0.274. The van der Waals surface area contributed by atoms with Crippen LogP contribution in [0.25, 0.3) is 0 Å². The molecule has 0 aliphatic rings. The summed E-state index contributed by atoms with van der Waals surface area (Å²) in [5.74, 6) is -0.393. The van der Waals surface area contributed by atoms with Gasteiger partial charge in [0.2, 0.25) is 0 Å². The quantitative estimate of drug-likeness (QED) is 0.631. The third-order valence-electron chi connectivity index (χ3n) is 4.02. The zero-order valence-corrected chi connectivity index (χ0v) is 13.9. The maximum absolute atomic E-state index is 13.3. The van der Waals surface area contributed by atoms with Crippen LogP contribution in [-0.2, 0) is 16.8 Å². The van der Waals surface area contributed by atoms with Crippen molar-refractivity contribution in [2.45, 2.75) is 31.5 Å². The highest BCUT2D eigenvalue weighted by atomic mass is 19.4. The summed E-state index contributed by atoms with van der Waals surface area (Å²) in [6.07, 6.45) is -9.54. The molecule has 0 saturated heterocycles. The lowest BCUT2D eigenvalue weighted by Gasteiger charge is -2.31. The largest absolute Gasteiger partial charge is 0.573 e. The van der Waals surface area contributed by atoms with Gasteiger partial charge < -0.3 is 9.47 Å². The lowest BCUT2D eigenvalue weighted by Crippen LogP contribution is -2.41. The first-order chi connectivity index (χ1) is 12.0. The van der Waals surface area contributed by atoms with Gasteiger partial charge in [-0.1, -0.05) is 42.5 Å². The summed E-state index contributed by atoms with van der Waals surface area (Å²) in [6, 6.07) is 10.9. The molecule has 0 fully saturated rings. The fourth-order valence-electron chi connectivity index (χ4n) is 2.47. The molecule has 1 unspecified atom stereocenters. The zero-order valence-electron chi connectivity index (χ0n) is 13.9. The Morgan fingerprint density at radius 1 is 0.885 bits per heavy atom. The predicted molar refractivity (Wildman–Crippen MR) is 82.8 cm³/mol. The van der Waals surface area contributed by atoms with Crippen LogP contribution in [0.1, 0.15) is 23.6 Å². The normalized spacial score (nSPS) is 14.8. The van der Waals surface area contributed by atoms with Gasteiger partial charge >= 0.3 is 12.5 Å². The van der Waals surface area contributed by atoms with Crippen LogP contribution in [0, 0.1) is 0 Å². The van der Waals surface area contributed by atoms with Crippen molar-refractivity contribution in [2.75, 3.05) is 7.11 Å². The van der Waals surface area contributed by atoms with Crippen molar-refractivity contribution in [2.24, 2.45) is 0 Å². The minimum Gasteiger partial charge on any atom is -0.405 e. The minimum atomic E-state index is -4.86. The van der Waals surface area contributed by atoms with Crippen molar-refractivity contribution in [3.63, 3.8) is 0 Å². The summed E-state index contributed by atoms with van der Waals surface area (Å²) in [6.45, 7) is 0.896. The molecule has 0 saturated carbocycles. The second-order valence-corrected chi connectivity index (χ2v) is 5.77. The van der Waals surface area contributed by atoms with E-state index >= 15 is 0 Å². The van der Waals surface area contributed by atoms with Gasteiger partial charge in [-0.25, -0.2) is 0 Å². The molecule has 2 rings (SSSR count). The van der Waals surface area contributed by atoms with E-state index in [1.54, 1.807) is 0 Å². The van der Waals surface area contributed by atoms with Gasteiger partial charge in [0.1, 0.15) is 5.75 Å². The highest BCUT2D eigenvalue weighted by molar-refractivity contribution is 5.39. The van der Waals surface area contributed by atoms with Crippen LogP contribution in [-0.4, -0.2) is 19.6 Å². The van der Waals surface area contributed by atoms with Gasteiger partial charge in [0, 0.05) is 13.5 Å². The molecule has 0 aromatic heterocycles. The van der Waals surface area contributed by atoms with Crippen molar-refractivity contribution in [3.8, 4) is 5.75 Å². The average Bonchev–Trinajstić information content (AvgIpc) is 2.54. The summed E-state index contributed by atoms with van der Waals surface area (Å²) in [4.78, 5) is 0. The van der Waals surface area contributed by atoms with Crippen LogP contribution in [0.4, 0.5) is 26.3 Å². The molecule has 2 nitrogen and oxygen atoms in total. The third-order valence-corrected chi connectivity index (χ3v) is 4.02. The van der Waals surface area contributed by atoms with Gasteiger partial charge in [0.15, 0.2) is 5.60 Å². The highest BCUT2D eigenvalue weighted by Gasteiger charge is 2.53. The number of rotatable bonds is 5. The maximum atomic E-state index is 13.3. The third kappa shape index (κ3) is 4.49. The summed E-state index contributed by atoms with van der Waals surface area (Å²) < 4.78 is 86.1. The molecule has 0 aliphatic heterocycles. The Balaban J connectivity index is 2.36. The molecule has 0 amide bonds. The number of alkyl halides is 6. The van der Waals surface area contributed by atoms with Gasteiger partial charge in [-0.3, -0.25) is 0 Å². The Morgan fingerprint density at radius 2 is 1.54 bits per heavy atom. The van der Waals surface area contributed by atoms with E-state index in [9.17, 15) is 26.3 Å². The van der Waals surface area contributed by atoms with Crippen LogP contribution in [0.3, 0.4) is 0 Å². The van der Waals surface area contributed by atoms with Crippen LogP contribution < -0.4 is 4.74 Å². The molecule has 0 aliphatic carbocycles. The Morgan fingerprint density at radius 3 is 2.12 bits per heavy atom. The van der Waals surface area contributed by atoms with Gasteiger partial charge in [-0.2, -0.15) is 13.2 Å². The Bertz CT molecular complexity index is 754. The number of para-hydroxylation sites is 1.